The molecule has 0 aliphatic rings. The summed E-state index contributed by atoms with van der Waals surface area (Å²) in [6.07, 6.45) is 3.61. The monoisotopic (exact) mass is 297 g/mol. The molecule has 22 heavy (non-hydrogen) atoms. The van der Waals surface area contributed by atoms with E-state index >= 15 is 0 Å². The van der Waals surface area contributed by atoms with E-state index in [-0.39, 0.29) is 5.95 Å². The van der Waals surface area contributed by atoms with Crippen LogP contribution in [0.3, 0.4) is 0 Å². The molecule has 3 aromatic rings. The van der Waals surface area contributed by atoms with Crippen molar-refractivity contribution in [1.82, 2.24) is 24.7 Å². The highest BCUT2D eigenvalue weighted by Gasteiger charge is 2.16. The van der Waals surface area contributed by atoms with Crippen LogP contribution in [-0.4, -0.2) is 24.7 Å². The van der Waals surface area contributed by atoms with Crippen LogP contribution in [0.4, 0.5) is 17.6 Å². The van der Waals surface area contributed by atoms with E-state index in [1.54, 1.807) is 10.9 Å². The van der Waals surface area contributed by atoms with E-state index in [1.165, 1.54) is 0 Å². The predicted octanol–water partition coefficient (Wildman–Crippen LogP) is 2.35. The zero-order valence-corrected chi connectivity index (χ0v) is 13.0. The van der Waals surface area contributed by atoms with Gasteiger partial charge in [0.15, 0.2) is 5.82 Å². The second-order valence-corrected chi connectivity index (χ2v) is 5.29. The number of nitrogens with one attached hydrogen (secondary N) is 1. The van der Waals surface area contributed by atoms with Gasteiger partial charge in [-0.25, -0.2) is 9.97 Å². The molecule has 0 saturated carbocycles. The van der Waals surface area contributed by atoms with Gasteiger partial charge in [0, 0.05) is 13.2 Å². The lowest BCUT2D eigenvalue weighted by Crippen LogP contribution is -2.04. The topological polar surface area (TPSA) is 94.5 Å². The van der Waals surface area contributed by atoms with Crippen LogP contribution >= 0.6 is 0 Å². The summed E-state index contributed by atoms with van der Waals surface area (Å²) >= 11 is 0. The number of rotatable bonds is 4. The van der Waals surface area contributed by atoms with E-state index in [4.69, 9.17) is 5.73 Å². The Balaban J connectivity index is 2.12. The third-order valence-electron chi connectivity index (χ3n) is 3.42. The average Bonchev–Trinajstić information content (AvgIpc) is 2.76. The summed E-state index contributed by atoms with van der Waals surface area (Å²) in [5.74, 6) is 1.57. The van der Waals surface area contributed by atoms with Crippen molar-refractivity contribution in [3.8, 4) is 0 Å². The molecule has 3 aromatic heterocycles. The Morgan fingerprint density at radius 2 is 2.14 bits per heavy atom. The first kappa shape index (κ1) is 14.2. The number of hydrogen-bond donors (Lipinski definition) is 2. The molecule has 3 heterocycles. The van der Waals surface area contributed by atoms with E-state index in [9.17, 15) is 0 Å². The zero-order valence-electron chi connectivity index (χ0n) is 13.0. The third kappa shape index (κ3) is 2.57. The molecule has 0 fully saturated rings. The van der Waals surface area contributed by atoms with E-state index in [1.807, 2.05) is 26.1 Å². The van der Waals surface area contributed by atoms with E-state index in [2.05, 4.69) is 32.3 Å². The Hall–Kier alpha value is -2.70. The molecule has 0 aliphatic heterocycles. The van der Waals surface area contributed by atoms with Crippen LogP contribution in [0.25, 0.3) is 11.0 Å². The standard InChI is InChI=1S/C15H19N7/c1-4-5-10-12-13(22(3)21-10)14(20-15(16)19-12)18-11-8-9(2)6-7-17-11/h6-8H,4-5H2,1-3H3,(H3,16,17,18,19,20). The molecule has 3 N–H and O–H groups in total. The van der Waals surface area contributed by atoms with Gasteiger partial charge >= 0.3 is 0 Å². The van der Waals surface area contributed by atoms with Crippen LogP contribution < -0.4 is 11.1 Å². The number of hydrogen-bond acceptors (Lipinski definition) is 6. The largest absolute Gasteiger partial charge is 0.368 e. The molecule has 0 aliphatic carbocycles. The Kier molecular flexibility index (Phi) is 3.62. The van der Waals surface area contributed by atoms with Crippen molar-refractivity contribution in [2.75, 3.05) is 11.1 Å². The first-order valence-corrected chi connectivity index (χ1v) is 7.27. The number of fused-ring (bicyclic) bond motifs is 1. The number of nitrogen functional groups attached to an aromatic ring is 1. The molecule has 0 unspecified atom stereocenters. The quantitative estimate of drug-likeness (QED) is 0.767. The van der Waals surface area contributed by atoms with E-state index < -0.39 is 0 Å². The van der Waals surface area contributed by atoms with Gasteiger partial charge in [-0.1, -0.05) is 13.3 Å². The predicted molar refractivity (Wildman–Crippen MR) is 87.0 cm³/mol. The van der Waals surface area contributed by atoms with Crippen LogP contribution in [0, 0.1) is 6.92 Å². The minimum atomic E-state index is 0.230. The smallest absolute Gasteiger partial charge is 0.222 e. The molecule has 7 heteroatoms. The van der Waals surface area contributed by atoms with Crippen molar-refractivity contribution in [2.24, 2.45) is 7.05 Å². The molecule has 0 saturated heterocycles. The zero-order chi connectivity index (χ0) is 15.7. The maximum atomic E-state index is 5.86. The van der Waals surface area contributed by atoms with Crippen molar-refractivity contribution < 1.29 is 0 Å². The van der Waals surface area contributed by atoms with Gasteiger partial charge < -0.3 is 11.1 Å². The molecule has 0 spiro atoms. The lowest BCUT2D eigenvalue weighted by Gasteiger charge is -2.08. The van der Waals surface area contributed by atoms with E-state index in [0.29, 0.717) is 5.82 Å². The normalized spacial score (nSPS) is 11.0. The Morgan fingerprint density at radius 3 is 2.86 bits per heavy atom. The molecule has 0 amide bonds. The Labute approximate surface area is 128 Å². The second-order valence-electron chi connectivity index (χ2n) is 5.29. The Morgan fingerprint density at radius 1 is 1.32 bits per heavy atom. The number of nitrogens with zero attached hydrogens (tertiary/aromatic N) is 5. The summed E-state index contributed by atoms with van der Waals surface area (Å²) in [7, 11) is 1.88. The summed E-state index contributed by atoms with van der Waals surface area (Å²) in [6, 6.07) is 3.89. The van der Waals surface area contributed by atoms with Crippen LogP contribution in [0.15, 0.2) is 18.3 Å². The number of pyridine rings is 1. The third-order valence-corrected chi connectivity index (χ3v) is 3.42. The second kappa shape index (κ2) is 5.59. The lowest BCUT2D eigenvalue weighted by atomic mass is 10.2. The molecule has 0 aromatic carbocycles. The highest BCUT2D eigenvalue weighted by Crippen LogP contribution is 2.26. The van der Waals surface area contributed by atoms with Crippen molar-refractivity contribution in [1.29, 1.82) is 0 Å². The minimum absolute atomic E-state index is 0.230. The summed E-state index contributed by atoms with van der Waals surface area (Å²) in [5, 5.41) is 7.76. The molecule has 7 nitrogen and oxygen atoms in total. The van der Waals surface area contributed by atoms with Crippen LogP contribution in [0.5, 0.6) is 0 Å². The van der Waals surface area contributed by atoms with Crippen molar-refractivity contribution >= 4 is 28.6 Å². The van der Waals surface area contributed by atoms with Gasteiger partial charge in [0.1, 0.15) is 16.9 Å². The molecule has 114 valence electrons. The highest BCUT2D eigenvalue weighted by molar-refractivity contribution is 5.90. The number of anilines is 3. The van der Waals surface area contributed by atoms with Crippen molar-refractivity contribution in [3.05, 3.63) is 29.6 Å². The molecule has 0 bridgehead atoms. The van der Waals surface area contributed by atoms with Crippen LogP contribution in [-0.2, 0) is 13.5 Å². The summed E-state index contributed by atoms with van der Waals surface area (Å²) in [4.78, 5) is 13.0. The number of aryl methyl sites for hydroxylation is 3. The maximum Gasteiger partial charge on any atom is 0.222 e. The fourth-order valence-corrected chi connectivity index (χ4v) is 2.48. The van der Waals surface area contributed by atoms with Crippen molar-refractivity contribution in [2.45, 2.75) is 26.7 Å². The van der Waals surface area contributed by atoms with Crippen LogP contribution in [0.2, 0.25) is 0 Å². The summed E-state index contributed by atoms with van der Waals surface area (Å²) in [5.41, 5.74) is 9.55. The van der Waals surface area contributed by atoms with Crippen LogP contribution in [0.1, 0.15) is 24.6 Å². The van der Waals surface area contributed by atoms with Gasteiger partial charge in [0.05, 0.1) is 5.69 Å². The fraction of sp³-hybridized carbons (Fsp3) is 0.333. The number of aromatic nitrogens is 5. The summed E-state index contributed by atoms with van der Waals surface area (Å²) < 4.78 is 1.79. The molecular weight excluding hydrogens is 278 g/mol. The van der Waals surface area contributed by atoms with Gasteiger partial charge in [-0.3, -0.25) is 4.68 Å². The average molecular weight is 297 g/mol. The summed E-state index contributed by atoms with van der Waals surface area (Å²) in [6.45, 7) is 4.13. The first-order valence-electron chi connectivity index (χ1n) is 7.27. The first-order chi connectivity index (χ1) is 10.6. The van der Waals surface area contributed by atoms with Gasteiger partial charge in [0.2, 0.25) is 5.95 Å². The highest BCUT2D eigenvalue weighted by atomic mass is 15.3. The molecule has 0 atom stereocenters. The van der Waals surface area contributed by atoms with Gasteiger partial charge in [-0.15, -0.1) is 0 Å². The van der Waals surface area contributed by atoms with E-state index in [0.717, 1.165) is 41.0 Å². The van der Waals surface area contributed by atoms with Crippen molar-refractivity contribution in [3.63, 3.8) is 0 Å². The Bertz CT molecular complexity index is 822. The van der Waals surface area contributed by atoms with Gasteiger partial charge in [-0.2, -0.15) is 10.1 Å². The fourth-order valence-electron chi connectivity index (χ4n) is 2.48. The molecule has 0 radical (unpaired) electrons. The number of nitrogens with two attached hydrogens (primary N) is 1. The minimum Gasteiger partial charge on any atom is -0.368 e. The molecular formula is C15H19N7. The molecule has 3 rings (SSSR count). The lowest BCUT2D eigenvalue weighted by molar-refractivity contribution is 0.753. The van der Waals surface area contributed by atoms with Gasteiger partial charge in [0.25, 0.3) is 0 Å². The maximum absolute atomic E-state index is 5.86. The van der Waals surface area contributed by atoms with Gasteiger partial charge in [-0.05, 0) is 31.0 Å². The SMILES string of the molecule is CCCc1nn(C)c2c(Nc3cc(C)ccn3)nc(N)nc12.